The van der Waals surface area contributed by atoms with Crippen molar-refractivity contribution in [1.82, 2.24) is 14.7 Å². The third-order valence-corrected chi connectivity index (χ3v) is 3.00. The molecule has 0 saturated heterocycles. The molecule has 18 heavy (non-hydrogen) atoms. The number of nitrogen functional groups attached to an aromatic ring is 1. The topological polar surface area (TPSA) is 96.2 Å². The first-order valence-corrected chi connectivity index (χ1v) is 6.01. The minimum atomic E-state index is -0.377. The van der Waals surface area contributed by atoms with E-state index in [1.165, 1.54) is 0 Å². The average Bonchev–Trinajstić information content (AvgIpc) is 2.69. The quantitative estimate of drug-likeness (QED) is 0.836. The van der Waals surface area contributed by atoms with Gasteiger partial charge < -0.3 is 11.1 Å². The number of aromatic nitrogens is 2. The largest absolute Gasteiger partial charge is 0.383 e. The normalized spacial score (nSPS) is 10.2. The standard InChI is InChI=1S/C11H10BrN5O/c12-7-3-1-6-17-9(14)8(16-10(7)17)11(18)15-5-2-4-13/h1,3,6H,2,5,14H2,(H,15,18). The number of nitrogens with two attached hydrogens (primary N) is 1. The van der Waals surface area contributed by atoms with Crippen molar-refractivity contribution in [3.8, 4) is 6.07 Å². The van der Waals surface area contributed by atoms with Gasteiger partial charge in [0.15, 0.2) is 11.3 Å². The summed E-state index contributed by atoms with van der Waals surface area (Å²) in [4.78, 5) is 16.0. The van der Waals surface area contributed by atoms with Gasteiger partial charge >= 0.3 is 0 Å². The Morgan fingerprint density at radius 3 is 3.11 bits per heavy atom. The number of hydrogen-bond donors (Lipinski definition) is 2. The highest BCUT2D eigenvalue weighted by molar-refractivity contribution is 9.10. The van der Waals surface area contributed by atoms with E-state index in [4.69, 9.17) is 11.0 Å². The van der Waals surface area contributed by atoms with Crippen LogP contribution in [0.25, 0.3) is 5.65 Å². The minimum absolute atomic E-state index is 0.167. The lowest BCUT2D eigenvalue weighted by molar-refractivity contribution is 0.0951. The van der Waals surface area contributed by atoms with E-state index in [0.29, 0.717) is 5.65 Å². The van der Waals surface area contributed by atoms with Crippen molar-refractivity contribution < 1.29 is 4.79 Å². The van der Waals surface area contributed by atoms with E-state index < -0.39 is 0 Å². The van der Waals surface area contributed by atoms with Gasteiger partial charge in [0.2, 0.25) is 0 Å². The number of fused-ring (bicyclic) bond motifs is 1. The maximum absolute atomic E-state index is 11.8. The summed E-state index contributed by atoms with van der Waals surface area (Å²) in [7, 11) is 0. The minimum Gasteiger partial charge on any atom is -0.383 e. The highest BCUT2D eigenvalue weighted by Crippen LogP contribution is 2.21. The molecule has 0 atom stereocenters. The van der Waals surface area contributed by atoms with E-state index in [9.17, 15) is 4.79 Å². The predicted octanol–water partition coefficient (Wildman–Crippen LogP) is 1.32. The number of pyridine rings is 1. The van der Waals surface area contributed by atoms with Gasteiger partial charge in [0, 0.05) is 12.7 Å². The Morgan fingerprint density at radius 2 is 2.44 bits per heavy atom. The number of rotatable bonds is 3. The highest BCUT2D eigenvalue weighted by Gasteiger charge is 2.17. The molecule has 92 valence electrons. The van der Waals surface area contributed by atoms with Crippen molar-refractivity contribution in [1.29, 1.82) is 5.26 Å². The first-order valence-electron chi connectivity index (χ1n) is 5.22. The SMILES string of the molecule is N#CCCNC(=O)c1nc2c(Br)cccn2c1N. The molecule has 2 aromatic rings. The van der Waals surface area contributed by atoms with Gasteiger partial charge in [-0.25, -0.2) is 4.98 Å². The third kappa shape index (κ3) is 2.15. The highest BCUT2D eigenvalue weighted by atomic mass is 79.9. The van der Waals surface area contributed by atoms with Crippen LogP contribution in [0.5, 0.6) is 0 Å². The van der Waals surface area contributed by atoms with Gasteiger partial charge in [-0.3, -0.25) is 9.20 Å². The first kappa shape index (κ1) is 12.4. The third-order valence-electron chi connectivity index (χ3n) is 2.38. The molecule has 2 aromatic heterocycles. The molecule has 3 N–H and O–H groups in total. The average molecular weight is 308 g/mol. The lowest BCUT2D eigenvalue weighted by atomic mass is 10.4. The Bertz CT molecular complexity index is 643. The molecule has 1 amide bonds. The van der Waals surface area contributed by atoms with Crippen LogP contribution < -0.4 is 11.1 Å². The summed E-state index contributed by atoms with van der Waals surface area (Å²) in [5.74, 6) is -0.0980. The van der Waals surface area contributed by atoms with E-state index in [1.807, 2.05) is 12.1 Å². The van der Waals surface area contributed by atoms with Crippen LogP contribution in [0, 0.1) is 11.3 Å². The van der Waals surface area contributed by atoms with Crippen molar-refractivity contribution in [2.24, 2.45) is 0 Å². The second kappa shape index (κ2) is 5.06. The Labute approximate surface area is 112 Å². The van der Waals surface area contributed by atoms with Crippen molar-refractivity contribution in [3.63, 3.8) is 0 Å². The second-order valence-electron chi connectivity index (χ2n) is 3.56. The fraction of sp³-hybridized carbons (Fsp3) is 0.182. The predicted molar refractivity (Wildman–Crippen MR) is 69.9 cm³/mol. The first-order chi connectivity index (χ1) is 8.65. The van der Waals surface area contributed by atoms with Gasteiger partial charge in [-0.1, -0.05) is 0 Å². The van der Waals surface area contributed by atoms with Gasteiger partial charge in [-0.2, -0.15) is 5.26 Å². The lowest BCUT2D eigenvalue weighted by Crippen LogP contribution is -2.25. The number of halogens is 1. The Hall–Kier alpha value is -2.07. The molecule has 0 unspecified atom stereocenters. The molecule has 2 heterocycles. The van der Waals surface area contributed by atoms with E-state index >= 15 is 0 Å². The van der Waals surface area contributed by atoms with Crippen LogP contribution in [0.1, 0.15) is 16.9 Å². The van der Waals surface area contributed by atoms with Crippen molar-refractivity contribution in [2.75, 3.05) is 12.3 Å². The van der Waals surface area contributed by atoms with Crippen LogP contribution >= 0.6 is 15.9 Å². The molecule has 0 aliphatic carbocycles. The molecule has 0 spiro atoms. The molecule has 0 radical (unpaired) electrons. The monoisotopic (exact) mass is 307 g/mol. The molecule has 0 aromatic carbocycles. The summed E-state index contributed by atoms with van der Waals surface area (Å²) in [5, 5.41) is 11.0. The van der Waals surface area contributed by atoms with Crippen molar-refractivity contribution >= 4 is 33.3 Å². The zero-order valence-electron chi connectivity index (χ0n) is 9.35. The van der Waals surface area contributed by atoms with Crippen LogP contribution in [-0.4, -0.2) is 21.8 Å². The Kier molecular flexibility index (Phi) is 3.48. The van der Waals surface area contributed by atoms with Gasteiger partial charge in [0.25, 0.3) is 5.91 Å². The number of nitrogens with zero attached hydrogens (tertiary/aromatic N) is 3. The summed E-state index contributed by atoms with van der Waals surface area (Å²) in [6, 6.07) is 5.56. The summed E-state index contributed by atoms with van der Waals surface area (Å²) in [6.45, 7) is 0.282. The maximum atomic E-state index is 11.8. The van der Waals surface area contributed by atoms with Crippen LogP contribution in [0.3, 0.4) is 0 Å². The summed E-state index contributed by atoms with van der Waals surface area (Å²) < 4.78 is 2.39. The smallest absolute Gasteiger partial charge is 0.273 e. The zero-order valence-corrected chi connectivity index (χ0v) is 10.9. The second-order valence-corrected chi connectivity index (χ2v) is 4.41. The number of carbonyl (C=O) groups excluding carboxylic acids is 1. The molecular weight excluding hydrogens is 298 g/mol. The molecule has 2 rings (SSSR count). The van der Waals surface area contributed by atoms with Crippen molar-refractivity contribution in [2.45, 2.75) is 6.42 Å². The summed E-state index contributed by atoms with van der Waals surface area (Å²) in [6.07, 6.45) is 1.98. The number of carbonyl (C=O) groups is 1. The maximum Gasteiger partial charge on any atom is 0.273 e. The van der Waals surface area contributed by atoms with Crippen LogP contribution in [0.2, 0.25) is 0 Å². The molecule has 0 aliphatic rings. The van der Waals surface area contributed by atoms with Gasteiger partial charge in [-0.05, 0) is 28.1 Å². The number of nitrogens with one attached hydrogen (secondary N) is 1. The molecule has 0 aliphatic heterocycles. The number of imidazole rings is 1. The van der Waals surface area contributed by atoms with E-state index in [1.54, 1.807) is 16.7 Å². The fourth-order valence-electron chi connectivity index (χ4n) is 1.54. The van der Waals surface area contributed by atoms with Gasteiger partial charge in [-0.15, -0.1) is 0 Å². The van der Waals surface area contributed by atoms with Gasteiger partial charge in [0.1, 0.15) is 5.82 Å². The molecule has 6 nitrogen and oxygen atoms in total. The fourth-order valence-corrected chi connectivity index (χ4v) is 1.97. The number of amides is 1. The molecule has 0 bridgehead atoms. The van der Waals surface area contributed by atoms with E-state index in [2.05, 4.69) is 26.2 Å². The molecule has 0 fully saturated rings. The Morgan fingerprint density at radius 1 is 1.67 bits per heavy atom. The van der Waals surface area contributed by atoms with Crippen LogP contribution in [-0.2, 0) is 0 Å². The van der Waals surface area contributed by atoms with Gasteiger partial charge in [0.05, 0.1) is 17.0 Å². The molecule has 7 heteroatoms. The summed E-state index contributed by atoms with van der Waals surface area (Å²) >= 11 is 3.34. The molecule has 0 saturated carbocycles. The number of anilines is 1. The zero-order chi connectivity index (χ0) is 13.1. The summed E-state index contributed by atoms with van der Waals surface area (Å²) in [5.41, 5.74) is 6.62. The van der Waals surface area contributed by atoms with E-state index in [0.717, 1.165) is 4.47 Å². The molecular formula is C11H10BrN5O. The number of hydrogen-bond acceptors (Lipinski definition) is 4. The Balaban J connectivity index is 2.35. The van der Waals surface area contributed by atoms with Crippen LogP contribution in [0.15, 0.2) is 22.8 Å². The lowest BCUT2D eigenvalue weighted by Gasteiger charge is -2.00. The van der Waals surface area contributed by atoms with Crippen molar-refractivity contribution in [3.05, 3.63) is 28.5 Å². The number of nitriles is 1. The van der Waals surface area contributed by atoms with E-state index in [-0.39, 0.29) is 30.4 Å². The van der Waals surface area contributed by atoms with Crippen LogP contribution in [0.4, 0.5) is 5.82 Å².